The molecule has 3 aromatic rings. The van der Waals surface area contributed by atoms with Crippen LogP contribution in [0.25, 0.3) is 5.65 Å². The Labute approximate surface area is 155 Å². The van der Waals surface area contributed by atoms with Gasteiger partial charge in [-0.1, -0.05) is 0 Å². The average molecular weight is 368 g/mol. The van der Waals surface area contributed by atoms with Crippen molar-refractivity contribution in [2.24, 2.45) is 0 Å². The van der Waals surface area contributed by atoms with E-state index in [-0.39, 0.29) is 18.4 Å². The molecule has 4 rings (SSSR count). The minimum atomic E-state index is -0.148. The maximum atomic E-state index is 12.5. The molecule has 0 N–H and O–H groups in total. The van der Waals surface area contributed by atoms with Crippen LogP contribution in [-0.4, -0.2) is 63.8 Å². The minimum absolute atomic E-state index is 0.0578. The Kier molecular flexibility index (Phi) is 4.53. The quantitative estimate of drug-likeness (QED) is 0.699. The molecule has 1 saturated heterocycles. The molecule has 1 fully saturated rings. The van der Waals surface area contributed by atoms with Gasteiger partial charge in [-0.3, -0.25) is 9.59 Å². The molecule has 0 spiro atoms. The fraction of sp³-hybridized carbons (Fsp3) is 0.316. The summed E-state index contributed by atoms with van der Waals surface area (Å²) in [4.78, 5) is 32.6. The van der Waals surface area contributed by atoms with E-state index in [1.54, 1.807) is 28.0 Å². The molecule has 0 aromatic carbocycles. The second-order valence-corrected chi connectivity index (χ2v) is 6.42. The standard InChI is InChI=1S/C19H20N4O4/c1-14-12-23-6-2-4-15(18(23)20-14)27-13-17(24)21-7-9-22(10-8-21)19(25)16-5-3-11-26-16/h2-6,11-12H,7-10,13H2,1H3. The summed E-state index contributed by atoms with van der Waals surface area (Å²) in [5.41, 5.74) is 1.58. The number of pyridine rings is 1. The number of hydrogen-bond acceptors (Lipinski definition) is 5. The molecular formula is C19H20N4O4. The van der Waals surface area contributed by atoms with Crippen molar-refractivity contribution in [3.63, 3.8) is 0 Å². The van der Waals surface area contributed by atoms with Crippen molar-refractivity contribution >= 4 is 17.5 Å². The first-order valence-electron chi connectivity index (χ1n) is 8.79. The lowest BCUT2D eigenvalue weighted by atomic mass is 10.3. The zero-order chi connectivity index (χ0) is 18.8. The monoisotopic (exact) mass is 368 g/mol. The highest BCUT2D eigenvalue weighted by atomic mass is 16.5. The van der Waals surface area contributed by atoms with Gasteiger partial charge < -0.3 is 23.4 Å². The zero-order valence-electron chi connectivity index (χ0n) is 15.0. The number of aromatic nitrogens is 2. The maximum absolute atomic E-state index is 12.5. The van der Waals surface area contributed by atoms with Crippen molar-refractivity contribution in [1.29, 1.82) is 0 Å². The molecule has 0 saturated carbocycles. The van der Waals surface area contributed by atoms with Gasteiger partial charge in [0, 0.05) is 38.6 Å². The van der Waals surface area contributed by atoms with E-state index in [1.165, 1.54) is 6.26 Å². The molecule has 27 heavy (non-hydrogen) atoms. The number of aryl methyl sites for hydroxylation is 1. The Bertz CT molecular complexity index is 955. The van der Waals surface area contributed by atoms with Crippen LogP contribution in [0.4, 0.5) is 0 Å². The molecule has 0 aliphatic carbocycles. The molecule has 8 heteroatoms. The number of amides is 2. The summed E-state index contributed by atoms with van der Waals surface area (Å²) >= 11 is 0. The lowest BCUT2D eigenvalue weighted by Crippen LogP contribution is -2.51. The minimum Gasteiger partial charge on any atom is -0.480 e. The molecule has 4 heterocycles. The second-order valence-electron chi connectivity index (χ2n) is 6.42. The van der Waals surface area contributed by atoms with Gasteiger partial charge in [-0.2, -0.15) is 0 Å². The van der Waals surface area contributed by atoms with E-state index in [2.05, 4.69) is 4.98 Å². The van der Waals surface area contributed by atoms with Crippen molar-refractivity contribution in [3.8, 4) is 5.75 Å². The van der Waals surface area contributed by atoms with Crippen molar-refractivity contribution in [2.75, 3.05) is 32.8 Å². The van der Waals surface area contributed by atoms with Crippen molar-refractivity contribution in [1.82, 2.24) is 19.2 Å². The van der Waals surface area contributed by atoms with E-state index in [1.807, 2.05) is 29.8 Å². The highest BCUT2D eigenvalue weighted by Crippen LogP contribution is 2.19. The molecule has 0 unspecified atom stereocenters. The number of piperazine rings is 1. The summed E-state index contributed by atoms with van der Waals surface area (Å²) < 4.78 is 12.7. The van der Waals surface area contributed by atoms with Gasteiger partial charge in [0.1, 0.15) is 0 Å². The third kappa shape index (κ3) is 3.51. The van der Waals surface area contributed by atoms with Gasteiger partial charge in [0.05, 0.1) is 12.0 Å². The summed E-state index contributed by atoms with van der Waals surface area (Å²) in [5, 5.41) is 0. The third-order valence-electron chi connectivity index (χ3n) is 4.57. The molecule has 0 atom stereocenters. The SMILES string of the molecule is Cc1cn2cccc(OCC(=O)N3CCN(C(=O)c4ccco4)CC3)c2n1. The molecule has 2 amide bonds. The normalized spacial score (nSPS) is 14.6. The van der Waals surface area contributed by atoms with E-state index in [9.17, 15) is 9.59 Å². The Balaban J connectivity index is 1.32. The number of fused-ring (bicyclic) bond motifs is 1. The molecule has 1 aliphatic rings. The first-order valence-corrected chi connectivity index (χ1v) is 8.79. The van der Waals surface area contributed by atoms with E-state index in [0.29, 0.717) is 43.3 Å². The molecule has 0 bridgehead atoms. The number of hydrogen-bond donors (Lipinski definition) is 0. The number of ether oxygens (including phenoxy) is 1. The fourth-order valence-corrected chi connectivity index (χ4v) is 3.17. The Hall–Kier alpha value is -3.29. The molecular weight excluding hydrogens is 348 g/mol. The van der Waals surface area contributed by atoms with Crippen LogP contribution in [0.15, 0.2) is 47.3 Å². The van der Waals surface area contributed by atoms with Crippen LogP contribution in [0.2, 0.25) is 0 Å². The number of carbonyl (C=O) groups is 2. The lowest BCUT2D eigenvalue weighted by molar-refractivity contribution is -0.134. The number of imidazole rings is 1. The average Bonchev–Trinajstić information content (AvgIpc) is 3.34. The predicted molar refractivity (Wildman–Crippen MR) is 96.6 cm³/mol. The van der Waals surface area contributed by atoms with Gasteiger partial charge in [-0.25, -0.2) is 4.98 Å². The molecule has 0 radical (unpaired) electrons. The van der Waals surface area contributed by atoms with Gasteiger partial charge in [0.15, 0.2) is 23.8 Å². The van der Waals surface area contributed by atoms with Gasteiger partial charge in [0.25, 0.3) is 11.8 Å². The first kappa shape index (κ1) is 17.1. The number of rotatable bonds is 4. The number of carbonyl (C=O) groups excluding carboxylic acids is 2. The van der Waals surface area contributed by atoms with Gasteiger partial charge in [-0.05, 0) is 31.2 Å². The summed E-state index contributed by atoms with van der Waals surface area (Å²) in [6, 6.07) is 6.99. The Morgan fingerprint density at radius 3 is 2.67 bits per heavy atom. The largest absolute Gasteiger partial charge is 0.480 e. The van der Waals surface area contributed by atoms with E-state index < -0.39 is 0 Å². The first-order chi connectivity index (χ1) is 13.1. The van der Waals surface area contributed by atoms with Gasteiger partial charge in [0.2, 0.25) is 0 Å². The van der Waals surface area contributed by atoms with Crippen LogP contribution in [0.5, 0.6) is 5.75 Å². The summed E-state index contributed by atoms with van der Waals surface area (Å²) in [7, 11) is 0. The predicted octanol–water partition coefficient (Wildman–Crippen LogP) is 1.60. The summed E-state index contributed by atoms with van der Waals surface area (Å²) in [5.74, 6) is 0.641. The maximum Gasteiger partial charge on any atom is 0.289 e. The highest BCUT2D eigenvalue weighted by Gasteiger charge is 2.26. The summed E-state index contributed by atoms with van der Waals surface area (Å²) in [6.07, 6.45) is 5.27. The smallest absolute Gasteiger partial charge is 0.289 e. The van der Waals surface area contributed by atoms with E-state index >= 15 is 0 Å². The van der Waals surface area contributed by atoms with Crippen LogP contribution in [0.1, 0.15) is 16.2 Å². The van der Waals surface area contributed by atoms with Gasteiger partial charge >= 0.3 is 0 Å². The van der Waals surface area contributed by atoms with Gasteiger partial charge in [-0.15, -0.1) is 0 Å². The highest BCUT2D eigenvalue weighted by molar-refractivity contribution is 5.91. The van der Waals surface area contributed by atoms with Crippen LogP contribution in [-0.2, 0) is 4.79 Å². The van der Waals surface area contributed by atoms with Crippen LogP contribution >= 0.6 is 0 Å². The van der Waals surface area contributed by atoms with Crippen molar-refractivity contribution in [3.05, 3.63) is 54.4 Å². The molecule has 140 valence electrons. The van der Waals surface area contributed by atoms with Crippen LogP contribution in [0, 0.1) is 6.92 Å². The fourth-order valence-electron chi connectivity index (χ4n) is 3.17. The molecule has 8 nitrogen and oxygen atoms in total. The Morgan fingerprint density at radius 2 is 1.93 bits per heavy atom. The molecule has 1 aliphatic heterocycles. The van der Waals surface area contributed by atoms with E-state index in [4.69, 9.17) is 9.15 Å². The Morgan fingerprint density at radius 1 is 1.15 bits per heavy atom. The van der Waals surface area contributed by atoms with Crippen LogP contribution in [0.3, 0.4) is 0 Å². The van der Waals surface area contributed by atoms with Crippen LogP contribution < -0.4 is 4.74 Å². The lowest BCUT2D eigenvalue weighted by Gasteiger charge is -2.34. The second kappa shape index (κ2) is 7.14. The number of nitrogens with zero attached hydrogens (tertiary/aromatic N) is 4. The topological polar surface area (TPSA) is 80.3 Å². The van der Waals surface area contributed by atoms with E-state index in [0.717, 1.165) is 5.69 Å². The zero-order valence-corrected chi connectivity index (χ0v) is 15.0. The summed E-state index contributed by atoms with van der Waals surface area (Å²) in [6.45, 7) is 3.74. The number of furan rings is 1. The van der Waals surface area contributed by atoms with Crippen molar-refractivity contribution in [2.45, 2.75) is 6.92 Å². The third-order valence-corrected chi connectivity index (χ3v) is 4.57. The van der Waals surface area contributed by atoms with Crippen molar-refractivity contribution < 1.29 is 18.7 Å². The molecule has 3 aromatic heterocycles.